The molecule has 1 aromatic carbocycles. The monoisotopic (exact) mass is 543 g/mol. The van der Waals surface area contributed by atoms with Gasteiger partial charge in [-0.3, -0.25) is 9.20 Å². The molecule has 4 aromatic rings. The van der Waals surface area contributed by atoms with Crippen molar-refractivity contribution in [3.8, 4) is 11.3 Å². The zero-order valence-electron chi connectivity index (χ0n) is 22.6. The molecule has 2 aliphatic rings. The van der Waals surface area contributed by atoms with Gasteiger partial charge in [0.05, 0.1) is 41.6 Å². The summed E-state index contributed by atoms with van der Waals surface area (Å²) >= 11 is 0. The first kappa shape index (κ1) is 26.2. The van der Waals surface area contributed by atoms with Crippen LogP contribution in [0.1, 0.15) is 35.2 Å². The average Bonchev–Trinajstić information content (AvgIpc) is 3.56. The largest absolute Gasteiger partial charge is 0.395 e. The van der Waals surface area contributed by atoms with Gasteiger partial charge in [-0.2, -0.15) is 0 Å². The van der Waals surface area contributed by atoms with Gasteiger partial charge < -0.3 is 25.5 Å². The molecule has 6 rings (SSSR count). The van der Waals surface area contributed by atoms with Crippen LogP contribution < -0.4 is 15.5 Å². The van der Waals surface area contributed by atoms with Gasteiger partial charge in [0.25, 0.3) is 5.91 Å². The van der Waals surface area contributed by atoms with E-state index in [2.05, 4.69) is 43.5 Å². The number of nitrogens with zero attached hydrogens (tertiary/aromatic N) is 5. The lowest BCUT2D eigenvalue weighted by molar-refractivity contribution is 0.0966. The van der Waals surface area contributed by atoms with E-state index in [0.29, 0.717) is 41.7 Å². The van der Waals surface area contributed by atoms with Gasteiger partial charge in [0.15, 0.2) is 0 Å². The summed E-state index contributed by atoms with van der Waals surface area (Å²) in [7, 11) is 2.06. The Kier molecular flexibility index (Phi) is 7.36. The highest BCUT2D eigenvalue weighted by molar-refractivity contribution is 6.06. The minimum Gasteiger partial charge on any atom is -0.395 e. The Hall–Kier alpha value is -4.02. The Morgan fingerprint density at radius 3 is 2.90 bits per heavy atom. The number of carbonyl (C=O) groups excluding carboxylic acids is 1. The Labute approximate surface area is 232 Å². The Bertz CT molecular complexity index is 1520. The fourth-order valence-electron chi connectivity index (χ4n) is 5.85. The first-order valence-electron chi connectivity index (χ1n) is 13.8. The summed E-state index contributed by atoms with van der Waals surface area (Å²) in [6.45, 7) is 4.33. The molecule has 2 aliphatic heterocycles. The Morgan fingerprint density at radius 2 is 2.08 bits per heavy atom. The second kappa shape index (κ2) is 11.2. The van der Waals surface area contributed by atoms with Gasteiger partial charge in [-0.15, -0.1) is 0 Å². The molecule has 0 radical (unpaired) electrons. The van der Waals surface area contributed by atoms with Crippen LogP contribution in [-0.4, -0.2) is 70.1 Å². The van der Waals surface area contributed by atoms with Gasteiger partial charge in [-0.1, -0.05) is 6.07 Å². The van der Waals surface area contributed by atoms with Gasteiger partial charge in [0, 0.05) is 44.0 Å². The smallest absolute Gasteiger partial charge is 0.254 e. The molecule has 0 bridgehead atoms. The second-order valence-electron chi connectivity index (χ2n) is 10.7. The number of piperidine rings is 1. The highest BCUT2D eigenvalue weighted by atomic mass is 19.1. The number of hydrogen-bond acceptors (Lipinski definition) is 7. The van der Waals surface area contributed by atoms with Gasteiger partial charge in [-0.25, -0.2) is 14.4 Å². The summed E-state index contributed by atoms with van der Waals surface area (Å²) in [6.07, 6.45) is 8.76. The predicted molar refractivity (Wildman–Crippen MR) is 153 cm³/mol. The van der Waals surface area contributed by atoms with Crippen molar-refractivity contribution in [1.82, 2.24) is 24.6 Å². The third kappa shape index (κ3) is 5.24. The van der Waals surface area contributed by atoms with Crippen LogP contribution in [0, 0.1) is 11.7 Å². The highest BCUT2D eigenvalue weighted by Crippen LogP contribution is 2.35. The fourth-order valence-corrected chi connectivity index (χ4v) is 5.85. The normalized spacial score (nSPS) is 16.9. The summed E-state index contributed by atoms with van der Waals surface area (Å²) in [6, 6.07) is 10.7. The molecule has 1 atom stereocenters. The van der Waals surface area contributed by atoms with Gasteiger partial charge in [-0.05, 0) is 68.6 Å². The number of nitrogens with one attached hydrogen (secondary N) is 2. The zero-order valence-corrected chi connectivity index (χ0v) is 22.6. The summed E-state index contributed by atoms with van der Waals surface area (Å²) < 4.78 is 15.5. The SMILES string of the molecule is CN(CCO)CCC1CCCN(c2ccc(Nc3ccc(-c4cnc5cc(F)ccn45)c4c3C(=O)NC4)nc2)C1. The van der Waals surface area contributed by atoms with Crippen molar-refractivity contribution < 1.29 is 14.3 Å². The van der Waals surface area contributed by atoms with E-state index in [9.17, 15) is 9.18 Å². The van der Waals surface area contributed by atoms with Gasteiger partial charge in [0.2, 0.25) is 0 Å². The van der Waals surface area contributed by atoms with Crippen molar-refractivity contribution in [2.75, 3.05) is 50.1 Å². The molecule has 5 heterocycles. The van der Waals surface area contributed by atoms with Crippen LogP contribution in [0.25, 0.3) is 16.9 Å². The highest BCUT2D eigenvalue weighted by Gasteiger charge is 2.27. The van der Waals surface area contributed by atoms with Crippen molar-refractivity contribution in [3.05, 3.63) is 71.9 Å². The van der Waals surface area contributed by atoms with Gasteiger partial charge >= 0.3 is 0 Å². The van der Waals surface area contributed by atoms with Crippen LogP contribution >= 0.6 is 0 Å². The van der Waals surface area contributed by atoms with E-state index in [0.717, 1.165) is 55.0 Å². The second-order valence-corrected chi connectivity index (χ2v) is 10.7. The molecule has 40 heavy (non-hydrogen) atoms. The molecule has 208 valence electrons. The van der Waals surface area contributed by atoms with Crippen molar-refractivity contribution >= 4 is 28.7 Å². The van der Waals surface area contributed by atoms with Crippen LogP contribution in [0.2, 0.25) is 0 Å². The molecular formula is C30H34FN7O2. The number of carbonyl (C=O) groups is 1. The summed E-state index contributed by atoms with van der Waals surface area (Å²) in [5.41, 5.74) is 5.45. The van der Waals surface area contributed by atoms with Gasteiger partial charge in [0.1, 0.15) is 17.3 Å². The van der Waals surface area contributed by atoms with Crippen LogP contribution in [0.3, 0.4) is 0 Å². The molecule has 1 fully saturated rings. The van der Waals surface area contributed by atoms with Crippen molar-refractivity contribution in [2.45, 2.75) is 25.8 Å². The standard InChI is InChI=1S/C30H34FN7O2/c1-36(13-14-39)11-8-20-3-2-10-37(19-20)22-4-7-27(32-16-22)35-25-6-5-23(24-17-34-30(40)29(24)25)26-18-33-28-15-21(31)9-12-38(26)28/h4-7,9,12,15-16,18,20,39H,2-3,8,10-11,13-14,17,19H2,1H3,(H,32,35)(H,34,40). The number of aromatic nitrogens is 3. The number of benzene rings is 1. The number of likely N-dealkylation sites (N-methyl/N-ethyl adjacent to an activating group) is 1. The third-order valence-corrected chi connectivity index (χ3v) is 8.01. The molecule has 10 heteroatoms. The maximum atomic E-state index is 13.7. The number of halogens is 1. The molecule has 0 spiro atoms. The number of hydrogen-bond donors (Lipinski definition) is 3. The molecule has 0 aliphatic carbocycles. The Balaban J connectivity index is 1.18. The first-order valence-corrected chi connectivity index (χ1v) is 13.8. The van der Waals surface area contributed by atoms with Crippen molar-refractivity contribution in [1.29, 1.82) is 0 Å². The first-order chi connectivity index (χ1) is 19.5. The van der Waals surface area contributed by atoms with E-state index < -0.39 is 0 Å². The van der Waals surface area contributed by atoms with E-state index >= 15 is 0 Å². The van der Waals surface area contributed by atoms with Crippen molar-refractivity contribution in [2.24, 2.45) is 5.92 Å². The molecule has 1 saturated heterocycles. The maximum absolute atomic E-state index is 13.7. The topological polar surface area (TPSA) is 98.0 Å². The van der Waals surface area contributed by atoms with Crippen LogP contribution in [0.15, 0.2) is 55.0 Å². The Morgan fingerprint density at radius 1 is 1.18 bits per heavy atom. The van der Waals surface area contributed by atoms with Crippen LogP contribution in [-0.2, 0) is 6.54 Å². The average molecular weight is 544 g/mol. The van der Waals surface area contributed by atoms with E-state index in [4.69, 9.17) is 5.11 Å². The number of aliphatic hydroxyl groups excluding tert-OH is 1. The van der Waals surface area contributed by atoms with Crippen molar-refractivity contribution in [3.63, 3.8) is 0 Å². The van der Waals surface area contributed by atoms with Crippen LogP contribution in [0.4, 0.5) is 21.6 Å². The number of rotatable bonds is 9. The number of pyridine rings is 2. The summed E-state index contributed by atoms with van der Waals surface area (Å²) in [5.74, 6) is 0.814. The lowest BCUT2D eigenvalue weighted by Gasteiger charge is -2.35. The lowest BCUT2D eigenvalue weighted by atomic mass is 9.94. The number of imidazole rings is 1. The maximum Gasteiger partial charge on any atom is 0.254 e. The molecule has 3 N–H and O–H groups in total. The minimum absolute atomic E-state index is 0.139. The molecular weight excluding hydrogens is 509 g/mol. The van der Waals surface area contributed by atoms with E-state index in [-0.39, 0.29) is 18.3 Å². The summed E-state index contributed by atoms with van der Waals surface area (Å²) in [4.78, 5) is 26.5. The molecule has 0 saturated carbocycles. The third-order valence-electron chi connectivity index (χ3n) is 8.01. The van der Waals surface area contributed by atoms with E-state index in [1.54, 1.807) is 12.4 Å². The number of fused-ring (bicyclic) bond motifs is 2. The molecule has 1 unspecified atom stereocenters. The zero-order chi connectivity index (χ0) is 27.6. The number of amides is 1. The minimum atomic E-state index is -0.341. The molecule has 3 aromatic heterocycles. The van der Waals surface area contributed by atoms with E-state index in [1.807, 2.05) is 28.8 Å². The number of aliphatic hydroxyl groups is 1. The quantitative estimate of drug-likeness (QED) is 0.293. The lowest BCUT2D eigenvalue weighted by Crippen LogP contribution is -2.37. The fraction of sp³-hybridized carbons (Fsp3) is 0.367. The molecule has 1 amide bonds. The number of anilines is 3. The van der Waals surface area contributed by atoms with Crippen LogP contribution in [0.5, 0.6) is 0 Å². The predicted octanol–water partition coefficient (Wildman–Crippen LogP) is 4.05. The summed E-state index contributed by atoms with van der Waals surface area (Å²) in [5, 5.41) is 15.4. The molecule has 9 nitrogen and oxygen atoms in total. The van der Waals surface area contributed by atoms with E-state index in [1.165, 1.54) is 18.6 Å².